The first kappa shape index (κ1) is 17.8. The van der Waals surface area contributed by atoms with E-state index in [2.05, 4.69) is 20.8 Å². The van der Waals surface area contributed by atoms with Crippen LogP contribution in [0.25, 0.3) is 5.65 Å². The molecule has 0 saturated carbocycles. The van der Waals surface area contributed by atoms with Crippen molar-refractivity contribution in [3.8, 4) is 0 Å². The van der Waals surface area contributed by atoms with Gasteiger partial charge in [-0.1, -0.05) is 35.0 Å². The van der Waals surface area contributed by atoms with Crippen molar-refractivity contribution in [1.82, 2.24) is 25.2 Å². The van der Waals surface area contributed by atoms with E-state index in [4.69, 9.17) is 23.2 Å². The maximum atomic E-state index is 11.9. The number of carbonyl (C=O) groups excluding carboxylic acids is 2. The van der Waals surface area contributed by atoms with Gasteiger partial charge >= 0.3 is 0 Å². The van der Waals surface area contributed by atoms with Crippen LogP contribution in [0.2, 0.25) is 10.0 Å². The molecule has 0 aromatic carbocycles. The molecule has 0 aliphatic carbocycles. The minimum absolute atomic E-state index is 0.0919. The van der Waals surface area contributed by atoms with E-state index in [0.29, 0.717) is 27.4 Å². The summed E-state index contributed by atoms with van der Waals surface area (Å²) >= 11 is 13.2. The fourth-order valence-electron chi connectivity index (χ4n) is 1.81. The van der Waals surface area contributed by atoms with Crippen LogP contribution in [-0.4, -0.2) is 44.8 Å². The van der Waals surface area contributed by atoms with Gasteiger partial charge in [0.2, 0.25) is 11.8 Å². The zero-order valence-corrected chi connectivity index (χ0v) is 14.8. The van der Waals surface area contributed by atoms with Crippen molar-refractivity contribution >= 4 is 52.4 Å². The average Bonchev–Trinajstić information content (AvgIpc) is 2.88. The van der Waals surface area contributed by atoms with Gasteiger partial charge in [0.1, 0.15) is 6.04 Å². The third-order valence-electron chi connectivity index (χ3n) is 2.85. The maximum Gasteiger partial charge on any atom is 0.242 e. The number of aromatic nitrogens is 3. The lowest BCUT2D eigenvalue weighted by Gasteiger charge is -2.12. The molecule has 1 atom stereocenters. The van der Waals surface area contributed by atoms with E-state index in [9.17, 15) is 9.59 Å². The molecule has 124 valence electrons. The van der Waals surface area contributed by atoms with Gasteiger partial charge < -0.3 is 10.6 Å². The molecule has 2 amide bonds. The predicted octanol–water partition coefficient (Wildman–Crippen LogP) is 1.77. The van der Waals surface area contributed by atoms with Crippen LogP contribution in [0.1, 0.15) is 13.8 Å². The van der Waals surface area contributed by atoms with Gasteiger partial charge in [0, 0.05) is 12.7 Å². The molecule has 0 spiro atoms. The highest BCUT2D eigenvalue weighted by Crippen LogP contribution is 2.25. The summed E-state index contributed by atoms with van der Waals surface area (Å²) in [6.07, 6.45) is 1.63. The molecule has 2 rings (SSSR count). The van der Waals surface area contributed by atoms with Crippen molar-refractivity contribution in [1.29, 1.82) is 0 Å². The van der Waals surface area contributed by atoms with Crippen LogP contribution in [0.15, 0.2) is 17.4 Å². The topological polar surface area (TPSA) is 88.4 Å². The molecule has 0 radical (unpaired) electrons. The molecule has 0 saturated heterocycles. The van der Waals surface area contributed by atoms with E-state index in [-0.39, 0.29) is 17.6 Å². The molecule has 2 N–H and O–H groups in total. The molecule has 0 aliphatic heterocycles. The summed E-state index contributed by atoms with van der Waals surface area (Å²) in [5, 5.41) is 14.5. The SMILES string of the molecule is CCNC(=O)[C@H](C)NC(=O)CSc1nnc2c(Cl)cc(Cl)cn12. The Hall–Kier alpha value is -1.51. The predicted molar refractivity (Wildman–Crippen MR) is 90.0 cm³/mol. The lowest BCUT2D eigenvalue weighted by atomic mass is 10.3. The van der Waals surface area contributed by atoms with E-state index in [1.165, 1.54) is 11.8 Å². The molecule has 0 unspecified atom stereocenters. The minimum Gasteiger partial charge on any atom is -0.355 e. The van der Waals surface area contributed by atoms with Crippen molar-refractivity contribution in [3.63, 3.8) is 0 Å². The first-order valence-electron chi connectivity index (χ1n) is 6.82. The Morgan fingerprint density at radius 1 is 1.39 bits per heavy atom. The van der Waals surface area contributed by atoms with Gasteiger partial charge in [-0.2, -0.15) is 0 Å². The van der Waals surface area contributed by atoms with E-state index in [1.54, 1.807) is 23.6 Å². The zero-order chi connectivity index (χ0) is 17.0. The number of likely N-dealkylation sites (N-methyl/N-ethyl adjacent to an activating group) is 1. The number of nitrogens with one attached hydrogen (secondary N) is 2. The summed E-state index contributed by atoms with van der Waals surface area (Å²) < 4.78 is 1.62. The Labute approximate surface area is 147 Å². The van der Waals surface area contributed by atoms with E-state index in [0.717, 1.165) is 0 Å². The van der Waals surface area contributed by atoms with E-state index >= 15 is 0 Å². The van der Waals surface area contributed by atoms with Crippen LogP contribution >= 0.6 is 35.0 Å². The molecule has 10 heteroatoms. The van der Waals surface area contributed by atoms with Crippen LogP contribution in [0.4, 0.5) is 0 Å². The number of thioether (sulfide) groups is 1. The fraction of sp³-hybridized carbons (Fsp3) is 0.385. The number of pyridine rings is 1. The Bertz CT molecular complexity index is 736. The molecular weight excluding hydrogens is 361 g/mol. The lowest BCUT2D eigenvalue weighted by molar-refractivity contribution is -0.127. The largest absolute Gasteiger partial charge is 0.355 e. The van der Waals surface area contributed by atoms with Crippen LogP contribution in [0.3, 0.4) is 0 Å². The molecule has 0 aliphatic rings. The molecule has 0 fully saturated rings. The number of nitrogens with zero attached hydrogens (tertiary/aromatic N) is 3. The van der Waals surface area contributed by atoms with Gasteiger partial charge in [0.15, 0.2) is 10.8 Å². The van der Waals surface area contributed by atoms with Crippen molar-refractivity contribution in [2.45, 2.75) is 25.0 Å². The third kappa shape index (κ3) is 4.49. The molecule has 0 bridgehead atoms. The Morgan fingerprint density at radius 2 is 2.13 bits per heavy atom. The second-order valence-corrected chi connectivity index (χ2v) is 6.44. The fourth-order valence-corrected chi connectivity index (χ4v) is 3.04. The molecule has 23 heavy (non-hydrogen) atoms. The zero-order valence-electron chi connectivity index (χ0n) is 12.5. The average molecular weight is 376 g/mol. The maximum absolute atomic E-state index is 11.9. The highest BCUT2D eigenvalue weighted by molar-refractivity contribution is 7.99. The number of carbonyl (C=O) groups is 2. The molecule has 2 aromatic heterocycles. The number of fused-ring (bicyclic) bond motifs is 1. The number of halogens is 2. The van der Waals surface area contributed by atoms with Crippen molar-refractivity contribution in [2.24, 2.45) is 0 Å². The van der Waals surface area contributed by atoms with Gasteiger partial charge in [0.25, 0.3) is 0 Å². The van der Waals surface area contributed by atoms with Crippen molar-refractivity contribution in [3.05, 3.63) is 22.3 Å². The van der Waals surface area contributed by atoms with Crippen LogP contribution in [-0.2, 0) is 9.59 Å². The molecule has 7 nitrogen and oxygen atoms in total. The van der Waals surface area contributed by atoms with Crippen LogP contribution < -0.4 is 10.6 Å². The smallest absolute Gasteiger partial charge is 0.242 e. The summed E-state index contributed by atoms with van der Waals surface area (Å²) in [5.41, 5.74) is 0.467. The number of amides is 2. The van der Waals surface area contributed by atoms with Crippen molar-refractivity contribution < 1.29 is 9.59 Å². The first-order valence-corrected chi connectivity index (χ1v) is 8.56. The number of rotatable bonds is 6. The van der Waals surface area contributed by atoms with Crippen molar-refractivity contribution in [2.75, 3.05) is 12.3 Å². The van der Waals surface area contributed by atoms with Gasteiger partial charge in [0.05, 0.1) is 15.8 Å². The number of hydrogen-bond acceptors (Lipinski definition) is 5. The highest BCUT2D eigenvalue weighted by Gasteiger charge is 2.16. The van der Waals surface area contributed by atoms with Crippen LogP contribution in [0, 0.1) is 0 Å². The van der Waals surface area contributed by atoms with E-state index in [1.807, 2.05) is 6.92 Å². The standard InChI is InChI=1S/C13H15Cl2N5O2S/c1-3-16-12(22)7(2)17-10(21)6-23-13-19-18-11-9(15)4-8(14)5-20(11)13/h4-5,7H,3,6H2,1-2H3,(H,16,22)(H,17,21)/t7-/m0/s1. The Balaban J connectivity index is 1.98. The Kier molecular flexibility index (Phi) is 6.09. The minimum atomic E-state index is -0.595. The summed E-state index contributed by atoms with van der Waals surface area (Å²) in [5.74, 6) is -0.412. The lowest BCUT2D eigenvalue weighted by Crippen LogP contribution is -2.45. The summed E-state index contributed by atoms with van der Waals surface area (Å²) in [6, 6.07) is 0.976. The quantitative estimate of drug-likeness (QED) is 0.751. The molecule has 2 aromatic rings. The molecule has 2 heterocycles. The normalized spacial score (nSPS) is 12.2. The second kappa shape index (κ2) is 7.85. The first-order chi connectivity index (χ1) is 10.9. The highest BCUT2D eigenvalue weighted by atomic mass is 35.5. The monoisotopic (exact) mass is 375 g/mol. The Morgan fingerprint density at radius 3 is 2.83 bits per heavy atom. The van der Waals surface area contributed by atoms with Gasteiger partial charge in [-0.15, -0.1) is 10.2 Å². The molecular formula is C13H15Cl2N5O2S. The summed E-state index contributed by atoms with van der Waals surface area (Å²) in [7, 11) is 0. The van der Waals surface area contributed by atoms with E-state index < -0.39 is 6.04 Å². The van der Waals surface area contributed by atoms with Gasteiger partial charge in [-0.05, 0) is 19.9 Å². The third-order valence-corrected chi connectivity index (χ3v) is 4.28. The van der Waals surface area contributed by atoms with Gasteiger partial charge in [-0.3, -0.25) is 14.0 Å². The number of hydrogen-bond donors (Lipinski definition) is 2. The second-order valence-electron chi connectivity index (χ2n) is 4.65. The summed E-state index contributed by atoms with van der Waals surface area (Å²) in [4.78, 5) is 23.5. The van der Waals surface area contributed by atoms with Crippen LogP contribution in [0.5, 0.6) is 0 Å². The summed E-state index contributed by atoms with van der Waals surface area (Å²) in [6.45, 7) is 3.95. The van der Waals surface area contributed by atoms with Gasteiger partial charge in [-0.25, -0.2) is 0 Å².